The zero-order valence-electron chi connectivity index (χ0n) is 12.8. The summed E-state index contributed by atoms with van der Waals surface area (Å²) >= 11 is 21.1. The summed E-state index contributed by atoms with van der Waals surface area (Å²) in [4.78, 5) is 14.7. The van der Waals surface area contributed by atoms with Crippen LogP contribution in [-0.2, 0) is 4.79 Å². The summed E-state index contributed by atoms with van der Waals surface area (Å²) in [6.45, 7) is -0.433. The normalized spacial score (nSPS) is 11.4. The minimum Gasteiger partial charge on any atom is -0.493 e. The van der Waals surface area contributed by atoms with Gasteiger partial charge in [-0.15, -0.1) is 10.2 Å². The molecule has 2 aromatic carbocycles. The van der Waals surface area contributed by atoms with Gasteiger partial charge in [0.2, 0.25) is 5.88 Å². The molecular weight excluding hydrogens is 468 g/mol. The highest BCUT2D eigenvalue weighted by molar-refractivity contribution is 9.10. The molecule has 6 nitrogen and oxygen atoms in total. The Kier molecular flexibility index (Phi) is 5.72. The number of hydrogen-bond donors (Lipinski definition) is 2. The van der Waals surface area contributed by atoms with Crippen LogP contribution in [0, 0.1) is 0 Å². The van der Waals surface area contributed by atoms with E-state index in [4.69, 9.17) is 39.5 Å². The number of H-pyrrole nitrogens is 1. The maximum Gasteiger partial charge on any atom is 0.302 e. The first kappa shape index (κ1) is 19.0. The van der Waals surface area contributed by atoms with Crippen molar-refractivity contribution < 1.29 is 14.6 Å². The molecule has 0 bridgehead atoms. The Morgan fingerprint density at radius 1 is 1.19 bits per heavy atom. The lowest BCUT2D eigenvalue weighted by atomic mass is 10.2. The largest absolute Gasteiger partial charge is 0.493 e. The van der Waals surface area contributed by atoms with Crippen LogP contribution in [-0.4, -0.2) is 22.6 Å². The van der Waals surface area contributed by atoms with E-state index in [0.717, 1.165) is 4.47 Å². The maximum atomic E-state index is 11.9. The van der Waals surface area contributed by atoms with Crippen LogP contribution >= 0.6 is 50.7 Å². The van der Waals surface area contributed by atoms with Crippen molar-refractivity contribution in [2.75, 3.05) is 6.61 Å². The Bertz CT molecular complexity index is 1010. The van der Waals surface area contributed by atoms with Gasteiger partial charge in [-0.1, -0.05) is 50.7 Å². The molecule has 1 aromatic heterocycles. The van der Waals surface area contributed by atoms with Gasteiger partial charge in [0.1, 0.15) is 0 Å². The third kappa shape index (κ3) is 4.12. The van der Waals surface area contributed by atoms with Crippen LogP contribution in [0.4, 0.5) is 5.69 Å². The molecule has 0 saturated heterocycles. The fourth-order valence-corrected chi connectivity index (χ4v) is 3.46. The van der Waals surface area contributed by atoms with Crippen molar-refractivity contribution in [3.8, 4) is 11.6 Å². The number of rotatable bonds is 4. The quantitative estimate of drug-likeness (QED) is 0.433. The minimum atomic E-state index is -0.684. The van der Waals surface area contributed by atoms with E-state index in [-0.39, 0.29) is 27.4 Å². The van der Waals surface area contributed by atoms with Crippen molar-refractivity contribution in [3.05, 3.63) is 49.9 Å². The number of carbonyl (C=O) groups is 1. The van der Waals surface area contributed by atoms with Gasteiger partial charge >= 0.3 is 5.91 Å². The molecular formula is C16H9BrCl3N3O3. The summed E-state index contributed by atoms with van der Waals surface area (Å²) in [5, 5.41) is 18.6. The molecule has 0 aliphatic carbocycles. The molecule has 0 radical (unpaired) electrons. The second-order valence-corrected chi connectivity index (χ2v) is 7.26. The topological polar surface area (TPSA) is 87.0 Å². The molecule has 0 spiro atoms. The number of halogens is 4. The van der Waals surface area contributed by atoms with E-state index in [2.05, 4.69) is 31.1 Å². The minimum absolute atomic E-state index is 0.125. The zero-order chi connectivity index (χ0) is 18.8. The fraction of sp³-hybridized carbons (Fsp3) is 0.0625. The van der Waals surface area contributed by atoms with Crippen LogP contribution in [0.2, 0.25) is 15.1 Å². The van der Waals surface area contributed by atoms with Crippen molar-refractivity contribution >= 4 is 73.2 Å². The standard InChI is InChI=1S/C16H9BrCl3N3O3/c17-7-1-2-12-9(3-7)14(16(25)21-12)23-22-13(24)6-26-15-10(19)4-8(18)5-11(15)20/h1-5,21,25H,6H2. The zero-order valence-corrected chi connectivity index (χ0v) is 16.6. The second-order valence-electron chi connectivity index (χ2n) is 5.09. The number of aromatic nitrogens is 1. The van der Waals surface area contributed by atoms with Crippen molar-refractivity contribution in [1.82, 2.24) is 4.98 Å². The second kappa shape index (κ2) is 7.84. The third-order valence-corrected chi connectivity index (χ3v) is 4.55. The Morgan fingerprint density at radius 3 is 2.58 bits per heavy atom. The predicted octanol–water partition coefficient (Wildman–Crippen LogP) is 6.29. The highest BCUT2D eigenvalue weighted by atomic mass is 79.9. The summed E-state index contributed by atoms with van der Waals surface area (Å²) in [7, 11) is 0. The van der Waals surface area contributed by atoms with Gasteiger partial charge in [0, 0.05) is 14.9 Å². The molecule has 1 amide bonds. The molecule has 1 heterocycles. The van der Waals surface area contributed by atoms with Crippen LogP contribution in [0.1, 0.15) is 0 Å². The van der Waals surface area contributed by atoms with Gasteiger partial charge in [-0.2, -0.15) is 0 Å². The summed E-state index contributed by atoms with van der Waals surface area (Å²) in [5.74, 6) is -0.754. The number of amides is 1. The van der Waals surface area contributed by atoms with E-state index in [1.54, 1.807) is 18.2 Å². The first-order valence-electron chi connectivity index (χ1n) is 7.07. The number of carbonyl (C=O) groups excluding carboxylic acids is 1. The average Bonchev–Trinajstić information content (AvgIpc) is 2.86. The number of benzene rings is 2. The summed E-state index contributed by atoms with van der Waals surface area (Å²) in [5.41, 5.74) is 0.806. The summed E-state index contributed by atoms with van der Waals surface area (Å²) in [6, 6.07) is 8.19. The van der Waals surface area contributed by atoms with Gasteiger partial charge in [-0.05, 0) is 30.3 Å². The van der Waals surface area contributed by atoms with E-state index in [1.807, 2.05) is 0 Å². The third-order valence-electron chi connectivity index (χ3n) is 3.28. The van der Waals surface area contributed by atoms with Gasteiger partial charge in [-0.25, -0.2) is 0 Å². The van der Waals surface area contributed by atoms with Crippen molar-refractivity contribution in [3.63, 3.8) is 0 Å². The van der Waals surface area contributed by atoms with Crippen LogP contribution in [0.15, 0.2) is 45.0 Å². The number of aromatic amines is 1. The van der Waals surface area contributed by atoms with E-state index < -0.39 is 12.5 Å². The Labute approximate surface area is 170 Å². The molecule has 3 aromatic rings. The number of fused-ring (bicyclic) bond motifs is 1. The van der Waals surface area contributed by atoms with Gasteiger partial charge < -0.3 is 14.8 Å². The molecule has 26 heavy (non-hydrogen) atoms. The molecule has 0 aliphatic rings. The molecule has 0 unspecified atom stereocenters. The van der Waals surface area contributed by atoms with Gasteiger partial charge in [-0.3, -0.25) is 4.79 Å². The smallest absolute Gasteiger partial charge is 0.302 e. The Hall–Kier alpha value is -1.80. The number of hydrogen-bond acceptors (Lipinski definition) is 4. The number of nitrogens with zero attached hydrogens (tertiary/aromatic N) is 2. The highest BCUT2D eigenvalue weighted by Gasteiger charge is 2.13. The number of nitrogens with one attached hydrogen (secondary N) is 1. The number of azo groups is 1. The SMILES string of the molecule is O=C(COc1c(Cl)cc(Cl)cc1Cl)N=Nc1c(O)[nH]c2ccc(Br)cc12. The van der Waals surface area contributed by atoms with Crippen molar-refractivity contribution in [2.24, 2.45) is 10.2 Å². The fourth-order valence-electron chi connectivity index (χ4n) is 2.17. The lowest BCUT2D eigenvalue weighted by Crippen LogP contribution is -2.08. The van der Waals surface area contributed by atoms with Gasteiger partial charge in [0.25, 0.3) is 0 Å². The molecule has 3 rings (SSSR count). The monoisotopic (exact) mass is 475 g/mol. The lowest BCUT2D eigenvalue weighted by molar-refractivity contribution is -0.120. The molecule has 134 valence electrons. The van der Waals surface area contributed by atoms with Gasteiger partial charge in [0.05, 0.1) is 15.6 Å². The molecule has 10 heteroatoms. The Balaban J connectivity index is 1.75. The summed E-state index contributed by atoms with van der Waals surface area (Å²) in [6.07, 6.45) is 0. The van der Waals surface area contributed by atoms with E-state index in [0.29, 0.717) is 15.9 Å². The van der Waals surface area contributed by atoms with Crippen LogP contribution in [0.3, 0.4) is 0 Å². The highest BCUT2D eigenvalue weighted by Crippen LogP contribution is 2.37. The van der Waals surface area contributed by atoms with Crippen molar-refractivity contribution in [2.45, 2.75) is 0 Å². The maximum absolute atomic E-state index is 11.9. The first-order chi connectivity index (χ1) is 12.3. The Morgan fingerprint density at radius 2 is 1.88 bits per heavy atom. The van der Waals surface area contributed by atoms with Crippen LogP contribution in [0.5, 0.6) is 11.6 Å². The lowest BCUT2D eigenvalue weighted by Gasteiger charge is -2.08. The summed E-state index contributed by atoms with van der Waals surface area (Å²) < 4.78 is 6.08. The molecule has 0 atom stereocenters. The predicted molar refractivity (Wildman–Crippen MR) is 104 cm³/mol. The van der Waals surface area contributed by atoms with Crippen LogP contribution < -0.4 is 4.74 Å². The van der Waals surface area contributed by atoms with E-state index >= 15 is 0 Å². The van der Waals surface area contributed by atoms with E-state index in [9.17, 15) is 9.90 Å². The number of aromatic hydroxyl groups is 1. The molecule has 0 fully saturated rings. The first-order valence-corrected chi connectivity index (χ1v) is 9.00. The van der Waals surface area contributed by atoms with Crippen molar-refractivity contribution in [1.29, 1.82) is 0 Å². The molecule has 0 saturated carbocycles. The number of ether oxygens (including phenoxy) is 1. The molecule has 0 aliphatic heterocycles. The molecule has 2 N–H and O–H groups in total. The van der Waals surface area contributed by atoms with E-state index in [1.165, 1.54) is 12.1 Å². The van der Waals surface area contributed by atoms with Gasteiger partial charge in [0.15, 0.2) is 18.0 Å². The van der Waals surface area contributed by atoms with Crippen LogP contribution in [0.25, 0.3) is 10.9 Å². The average molecular weight is 478 g/mol.